The Morgan fingerprint density at radius 1 is 0.386 bits per heavy atom. The maximum absolute atomic E-state index is 3.62. The van der Waals surface area contributed by atoms with Crippen LogP contribution in [0.3, 0.4) is 0 Å². The van der Waals surface area contributed by atoms with Gasteiger partial charge in [-0.05, 0) is 145 Å². The van der Waals surface area contributed by atoms with Crippen molar-refractivity contribution < 1.29 is 0 Å². The third kappa shape index (κ3) is 14.5. The summed E-state index contributed by atoms with van der Waals surface area (Å²) in [6.45, 7) is 27.0. The van der Waals surface area contributed by atoms with E-state index in [0.717, 1.165) is 32.4 Å². The van der Waals surface area contributed by atoms with Crippen molar-refractivity contribution in [3.8, 4) is 0 Å². The maximum Gasteiger partial charge on any atom is 0.0472 e. The molecule has 57 heavy (non-hydrogen) atoms. The van der Waals surface area contributed by atoms with E-state index in [9.17, 15) is 0 Å². The van der Waals surface area contributed by atoms with Crippen molar-refractivity contribution in [3.63, 3.8) is 0 Å². The highest BCUT2D eigenvalue weighted by atomic mass is 127. The molecular formula is C53H62Br2IN. The standard InChI is InChI=1S/C26H30BrN.C21H28.C6H4BrI/c1-25(2,3)19-10-14-22(15-11-19)28(24-9-7-8-21(27)18-24)23-16-12-20(13-17-23)26(4,5)6;1-20(2,3)18-11-7-16(8-12-18)15-17-9-13-19(14-10-17)21(4,5)6;7-5-2-1-3-6(8)4-5/h7-18H,1-6H3;7-14H,15H2,1-6H3;1-4H. The van der Waals surface area contributed by atoms with E-state index in [0.29, 0.717) is 0 Å². The summed E-state index contributed by atoms with van der Waals surface area (Å²) in [6.07, 6.45) is 1.01. The molecule has 0 aliphatic rings. The van der Waals surface area contributed by atoms with Gasteiger partial charge in [0.05, 0.1) is 0 Å². The molecule has 0 atom stereocenters. The van der Waals surface area contributed by atoms with Gasteiger partial charge in [0.15, 0.2) is 0 Å². The van der Waals surface area contributed by atoms with Gasteiger partial charge >= 0.3 is 0 Å². The Hall–Kier alpha value is -3.19. The zero-order chi connectivity index (χ0) is 42.2. The van der Waals surface area contributed by atoms with Crippen LogP contribution in [0, 0.1) is 3.57 Å². The Morgan fingerprint density at radius 2 is 0.702 bits per heavy atom. The molecule has 6 aromatic rings. The monoisotopic (exact) mass is 997 g/mol. The second-order valence-electron chi connectivity index (χ2n) is 18.9. The van der Waals surface area contributed by atoms with Crippen molar-refractivity contribution in [3.05, 3.63) is 191 Å². The molecule has 0 bridgehead atoms. The van der Waals surface area contributed by atoms with Crippen molar-refractivity contribution in [2.45, 2.75) is 111 Å². The van der Waals surface area contributed by atoms with Crippen molar-refractivity contribution in [1.82, 2.24) is 0 Å². The first-order valence-corrected chi connectivity index (χ1v) is 22.5. The molecule has 0 amide bonds. The number of hydrogen-bond acceptors (Lipinski definition) is 1. The average Bonchev–Trinajstić information content (AvgIpc) is 3.12. The van der Waals surface area contributed by atoms with E-state index in [4.69, 9.17) is 0 Å². The van der Waals surface area contributed by atoms with Gasteiger partial charge in [0.1, 0.15) is 0 Å². The maximum atomic E-state index is 3.62. The highest BCUT2D eigenvalue weighted by Gasteiger charge is 2.19. The second kappa shape index (κ2) is 19.7. The van der Waals surface area contributed by atoms with Crippen molar-refractivity contribution >= 4 is 71.5 Å². The molecule has 1 nitrogen and oxygen atoms in total. The summed E-state index contributed by atoms with van der Waals surface area (Å²) in [4.78, 5) is 2.31. The van der Waals surface area contributed by atoms with Crippen LogP contribution in [0.4, 0.5) is 17.1 Å². The minimum atomic E-state index is 0.146. The molecule has 6 aromatic carbocycles. The predicted octanol–water partition coefficient (Wildman–Crippen LogP) is 17.4. The molecule has 300 valence electrons. The van der Waals surface area contributed by atoms with Gasteiger partial charge in [-0.2, -0.15) is 0 Å². The van der Waals surface area contributed by atoms with Gasteiger partial charge in [-0.25, -0.2) is 0 Å². The molecule has 4 heteroatoms. The molecule has 0 radical (unpaired) electrons. The molecule has 6 rings (SSSR count). The van der Waals surface area contributed by atoms with E-state index in [1.54, 1.807) is 0 Å². The Morgan fingerprint density at radius 3 is 0.982 bits per heavy atom. The van der Waals surface area contributed by atoms with Gasteiger partial charge in [0.25, 0.3) is 0 Å². The summed E-state index contributed by atoms with van der Waals surface area (Å²) in [5.74, 6) is 0. The van der Waals surface area contributed by atoms with Crippen LogP contribution in [-0.2, 0) is 28.1 Å². The topological polar surface area (TPSA) is 3.24 Å². The number of rotatable bonds is 5. The van der Waals surface area contributed by atoms with Crippen LogP contribution in [0.15, 0.2) is 155 Å². The molecule has 0 saturated carbocycles. The summed E-state index contributed by atoms with van der Waals surface area (Å²) in [5.41, 5.74) is 12.5. The number of anilines is 3. The minimum absolute atomic E-state index is 0.146. The van der Waals surface area contributed by atoms with E-state index >= 15 is 0 Å². The van der Waals surface area contributed by atoms with Gasteiger partial charge in [-0.1, -0.05) is 200 Å². The van der Waals surface area contributed by atoms with E-state index in [1.165, 1.54) is 37.0 Å². The lowest BCUT2D eigenvalue weighted by molar-refractivity contribution is 0.589. The molecule has 0 saturated heterocycles. The van der Waals surface area contributed by atoms with Crippen LogP contribution in [0.25, 0.3) is 0 Å². The molecule has 0 aliphatic heterocycles. The largest absolute Gasteiger partial charge is 0.310 e. The molecule has 0 heterocycles. The molecule has 0 spiro atoms. The Labute approximate surface area is 376 Å². The lowest BCUT2D eigenvalue weighted by Gasteiger charge is -2.28. The molecule has 0 fully saturated rings. The fourth-order valence-electron chi connectivity index (χ4n) is 6.22. The molecule has 0 aromatic heterocycles. The number of hydrogen-bond donors (Lipinski definition) is 0. The van der Waals surface area contributed by atoms with E-state index in [2.05, 4.69) is 276 Å². The van der Waals surface area contributed by atoms with Gasteiger partial charge in [-0.15, -0.1) is 0 Å². The lowest BCUT2D eigenvalue weighted by atomic mass is 9.85. The van der Waals surface area contributed by atoms with Crippen LogP contribution in [-0.4, -0.2) is 0 Å². The average molecular weight is 1000 g/mol. The lowest BCUT2D eigenvalue weighted by Crippen LogP contribution is -2.14. The van der Waals surface area contributed by atoms with Gasteiger partial charge in [0, 0.05) is 29.6 Å². The first-order valence-electron chi connectivity index (χ1n) is 19.9. The molecule has 0 aliphatic carbocycles. The minimum Gasteiger partial charge on any atom is -0.310 e. The summed E-state index contributed by atoms with van der Waals surface area (Å²) in [7, 11) is 0. The van der Waals surface area contributed by atoms with E-state index < -0.39 is 0 Å². The first-order chi connectivity index (χ1) is 26.5. The summed E-state index contributed by atoms with van der Waals surface area (Å²) >= 11 is 9.26. The Kier molecular flexibility index (Phi) is 16.1. The molecular weight excluding hydrogens is 937 g/mol. The summed E-state index contributed by atoms with van der Waals surface area (Å²) < 4.78 is 3.48. The smallest absolute Gasteiger partial charge is 0.0472 e. The van der Waals surface area contributed by atoms with E-state index in [1.807, 2.05) is 12.1 Å². The van der Waals surface area contributed by atoms with Crippen LogP contribution in [0.5, 0.6) is 0 Å². The third-order valence-corrected chi connectivity index (χ3v) is 11.5. The number of benzene rings is 6. The number of nitrogens with zero attached hydrogens (tertiary/aromatic N) is 1. The fraction of sp³-hybridized carbons (Fsp3) is 0.321. The van der Waals surface area contributed by atoms with Crippen LogP contribution in [0.2, 0.25) is 0 Å². The van der Waals surface area contributed by atoms with Crippen LogP contribution < -0.4 is 4.90 Å². The number of halogens is 3. The van der Waals surface area contributed by atoms with Gasteiger partial charge in [-0.3, -0.25) is 0 Å². The normalized spacial score (nSPS) is 11.8. The fourth-order valence-corrected chi connectivity index (χ4v) is 7.98. The highest BCUT2D eigenvalue weighted by molar-refractivity contribution is 14.1. The summed E-state index contributed by atoms with van der Waals surface area (Å²) in [6, 6.07) is 52.6. The zero-order valence-corrected chi connectivity index (χ0v) is 41.5. The van der Waals surface area contributed by atoms with Crippen molar-refractivity contribution in [1.29, 1.82) is 0 Å². The second-order valence-corrected chi connectivity index (χ2v) is 22.0. The molecule has 0 unspecified atom stereocenters. The quantitative estimate of drug-likeness (QED) is 0.156. The first kappa shape index (κ1) is 46.5. The Bertz CT molecular complexity index is 2010. The Balaban J connectivity index is 0.000000217. The zero-order valence-electron chi connectivity index (χ0n) is 36.1. The van der Waals surface area contributed by atoms with Crippen LogP contribution in [0.1, 0.15) is 116 Å². The molecule has 0 N–H and O–H groups in total. The van der Waals surface area contributed by atoms with E-state index in [-0.39, 0.29) is 21.7 Å². The summed E-state index contributed by atoms with van der Waals surface area (Å²) in [5, 5.41) is 0. The van der Waals surface area contributed by atoms with Gasteiger partial charge in [0.2, 0.25) is 0 Å². The highest BCUT2D eigenvalue weighted by Crippen LogP contribution is 2.38. The third-order valence-electron chi connectivity index (χ3n) is 9.88. The van der Waals surface area contributed by atoms with Crippen molar-refractivity contribution in [2.75, 3.05) is 4.90 Å². The SMILES string of the molecule is Brc1cccc(I)c1.CC(C)(C)c1ccc(Cc2ccc(C(C)(C)C)cc2)cc1.CC(C)(C)c1ccc(N(c2ccc(C(C)(C)C)cc2)c2cccc(Br)c2)cc1. The van der Waals surface area contributed by atoms with Crippen molar-refractivity contribution in [2.24, 2.45) is 0 Å². The predicted molar refractivity (Wildman–Crippen MR) is 266 cm³/mol. The van der Waals surface area contributed by atoms with Gasteiger partial charge < -0.3 is 4.90 Å². The van der Waals surface area contributed by atoms with Crippen LogP contribution >= 0.6 is 54.5 Å².